The molecule has 1 aliphatic heterocycles. The minimum atomic E-state index is 0. The minimum absolute atomic E-state index is 0. The van der Waals surface area contributed by atoms with E-state index >= 15 is 0 Å². The van der Waals surface area contributed by atoms with Crippen molar-refractivity contribution in [2.75, 3.05) is 25.3 Å². The molecule has 2 atom stereocenters. The Kier molecular flexibility index (Phi) is 9.10. The fourth-order valence-electron chi connectivity index (χ4n) is 1.66. The maximum atomic E-state index is 5.42. The Bertz CT molecular complexity index is 312. The first-order valence-corrected chi connectivity index (χ1v) is 5.34. The summed E-state index contributed by atoms with van der Waals surface area (Å²) >= 11 is 0. The molecule has 0 amide bonds. The van der Waals surface area contributed by atoms with Gasteiger partial charge in [0, 0.05) is 18.2 Å². The molecule has 1 aromatic rings. The summed E-state index contributed by atoms with van der Waals surface area (Å²) < 4.78 is 10.7. The first-order chi connectivity index (χ1) is 7.36. The summed E-state index contributed by atoms with van der Waals surface area (Å²) in [4.78, 5) is 0. The number of rotatable bonds is 3. The summed E-state index contributed by atoms with van der Waals surface area (Å²) in [6, 6.07) is 10.2. The van der Waals surface area contributed by atoms with Crippen LogP contribution in [0.5, 0.6) is 0 Å². The van der Waals surface area contributed by atoms with Gasteiger partial charge >= 0.3 is 36.2 Å². The molecule has 0 spiro atoms. The number of ether oxygens (including phenoxy) is 2. The first-order valence-electron chi connectivity index (χ1n) is 5.34. The number of nitrogens with one attached hydrogen (secondary N) is 1. The fraction of sp³-hybridized carbons (Fsp3) is 0.500. The van der Waals surface area contributed by atoms with Crippen LogP contribution < -0.4 is 5.32 Å². The van der Waals surface area contributed by atoms with Crippen LogP contribution in [-0.2, 0) is 9.47 Å². The van der Waals surface area contributed by atoms with Gasteiger partial charge in [0.15, 0.2) is 0 Å². The number of para-hydroxylation sites is 1. The predicted molar refractivity (Wildman–Crippen MR) is 76.0 cm³/mol. The molecule has 1 heterocycles. The van der Waals surface area contributed by atoms with Crippen LogP contribution in [-0.4, -0.2) is 62.3 Å². The van der Waals surface area contributed by atoms with Crippen molar-refractivity contribution in [1.29, 1.82) is 0 Å². The average molecular weight is 245 g/mol. The quantitative estimate of drug-likeness (QED) is 0.817. The van der Waals surface area contributed by atoms with Crippen molar-refractivity contribution in [3.8, 4) is 0 Å². The molecule has 1 fully saturated rings. The van der Waals surface area contributed by atoms with Crippen LogP contribution in [0.15, 0.2) is 30.3 Å². The SMILES string of the molecule is CC1OCOCC1CNc1ccccc1.[Al+3].[H-].[H-].[H-].[LiH]. The van der Waals surface area contributed by atoms with E-state index in [4.69, 9.17) is 9.47 Å². The third kappa shape index (κ3) is 5.49. The normalized spacial score (nSPS) is 23.1. The average Bonchev–Trinajstić information content (AvgIpc) is 2.29. The monoisotopic (exact) mass is 245 g/mol. The van der Waals surface area contributed by atoms with Crippen molar-refractivity contribution in [2.24, 2.45) is 5.92 Å². The zero-order valence-corrected chi connectivity index (χ0v) is 10.7. The van der Waals surface area contributed by atoms with Crippen LogP contribution in [0.4, 0.5) is 5.69 Å². The van der Waals surface area contributed by atoms with Crippen molar-refractivity contribution in [1.82, 2.24) is 0 Å². The molecular formula is C12H21AlLiNO2. The molecule has 90 valence electrons. The Morgan fingerprint density at radius 2 is 2.06 bits per heavy atom. The van der Waals surface area contributed by atoms with Gasteiger partial charge in [-0.1, -0.05) is 18.2 Å². The zero-order valence-electron chi connectivity index (χ0n) is 12.6. The molecule has 17 heavy (non-hydrogen) atoms. The van der Waals surface area contributed by atoms with Gasteiger partial charge in [0.05, 0.1) is 12.7 Å². The molecule has 5 heteroatoms. The molecule has 0 saturated carbocycles. The van der Waals surface area contributed by atoms with Gasteiger partial charge in [0.1, 0.15) is 6.79 Å². The van der Waals surface area contributed by atoms with Crippen molar-refractivity contribution in [3.05, 3.63) is 30.3 Å². The number of benzene rings is 1. The van der Waals surface area contributed by atoms with Gasteiger partial charge in [-0.3, -0.25) is 0 Å². The number of anilines is 1. The molecule has 1 saturated heterocycles. The molecule has 2 rings (SSSR count). The molecule has 0 aromatic heterocycles. The molecule has 2 unspecified atom stereocenters. The van der Waals surface area contributed by atoms with Crippen molar-refractivity contribution >= 4 is 41.9 Å². The van der Waals surface area contributed by atoms with E-state index in [1.165, 1.54) is 0 Å². The van der Waals surface area contributed by atoms with Crippen LogP contribution in [0.2, 0.25) is 0 Å². The summed E-state index contributed by atoms with van der Waals surface area (Å²) in [6.45, 7) is 4.20. The van der Waals surface area contributed by atoms with Gasteiger partial charge in [0.25, 0.3) is 0 Å². The summed E-state index contributed by atoms with van der Waals surface area (Å²) in [7, 11) is 0. The van der Waals surface area contributed by atoms with Gasteiger partial charge in [-0.05, 0) is 19.1 Å². The zero-order chi connectivity index (χ0) is 10.5. The summed E-state index contributed by atoms with van der Waals surface area (Å²) in [6.07, 6.45) is 0.273. The van der Waals surface area contributed by atoms with E-state index in [0.717, 1.165) is 18.8 Å². The Balaban J connectivity index is -0.000000256. The van der Waals surface area contributed by atoms with Crippen LogP contribution in [0, 0.1) is 5.92 Å². The van der Waals surface area contributed by atoms with Crippen LogP contribution in [0.1, 0.15) is 11.2 Å². The standard InChI is InChI=1S/C12H17NO2.Al.Li.4H/c1-10-11(8-14-9-15-10)7-13-12-5-3-2-4-6-12;;;;;;/h2-6,10-11,13H,7-9H2,1H3;;;;;;/q;+3;;;3*-1. The Hall–Kier alpha value is 0.0699. The van der Waals surface area contributed by atoms with Gasteiger partial charge < -0.3 is 19.1 Å². The predicted octanol–water partition coefficient (Wildman–Crippen LogP) is 1.42. The molecule has 3 nitrogen and oxygen atoms in total. The van der Waals surface area contributed by atoms with Gasteiger partial charge in [-0.2, -0.15) is 0 Å². The van der Waals surface area contributed by atoms with Crippen molar-refractivity contribution in [2.45, 2.75) is 13.0 Å². The fourth-order valence-corrected chi connectivity index (χ4v) is 1.66. The Morgan fingerprint density at radius 3 is 2.71 bits per heavy atom. The second-order valence-corrected chi connectivity index (χ2v) is 3.87. The molecule has 1 aliphatic rings. The molecule has 0 aliphatic carbocycles. The summed E-state index contributed by atoms with van der Waals surface area (Å²) in [5.41, 5.74) is 1.15. The van der Waals surface area contributed by atoms with Gasteiger partial charge in [-0.15, -0.1) is 0 Å². The Labute approximate surface area is 130 Å². The third-order valence-electron chi connectivity index (χ3n) is 2.75. The molecule has 0 bridgehead atoms. The van der Waals surface area contributed by atoms with Crippen molar-refractivity contribution in [3.63, 3.8) is 0 Å². The maximum absolute atomic E-state index is 5.42. The van der Waals surface area contributed by atoms with Crippen molar-refractivity contribution < 1.29 is 13.8 Å². The summed E-state index contributed by atoms with van der Waals surface area (Å²) in [5, 5.41) is 3.38. The van der Waals surface area contributed by atoms with E-state index in [1.807, 2.05) is 18.2 Å². The summed E-state index contributed by atoms with van der Waals surface area (Å²) in [5.74, 6) is 0.430. The van der Waals surface area contributed by atoms with E-state index in [1.54, 1.807) is 0 Å². The Morgan fingerprint density at radius 1 is 1.35 bits per heavy atom. The van der Waals surface area contributed by atoms with E-state index in [9.17, 15) is 0 Å². The van der Waals surface area contributed by atoms with Gasteiger partial charge in [0.2, 0.25) is 0 Å². The third-order valence-corrected chi connectivity index (χ3v) is 2.75. The molecular weight excluding hydrogens is 224 g/mol. The second-order valence-electron chi connectivity index (χ2n) is 3.87. The molecule has 1 aromatic carbocycles. The van der Waals surface area contributed by atoms with E-state index in [0.29, 0.717) is 12.7 Å². The van der Waals surface area contributed by atoms with Crippen LogP contribution >= 0.6 is 0 Å². The topological polar surface area (TPSA) is 30.5 Å². The van der Waals surface area contributed by atoms with Crippen LogP contribution in [0.25, 0.3) is 0 Å². The first kappa shape index (κ1) is 17.1. The van der Waals surface area contributed by atoms with Gasteiger partial charge in [-0.25, -0.2) is 0 Å². The molecule has 1 N–H and O–H groups in total. The van der Waals surface area contributed by atoms with Crippen LogP contribution in [0.3, 0.4) is 0 Å². The van der Waals surface area contributed by atoms with E-state index in [2.05, 4.69) is 24.4 Å². The van der Waals surface area contributed by atoms with E-state index < -0.39 is 0 Å². The second kappa shape index (κ2) is 9.06. The number of hydrogen-bond donors (Lipinski definition) is 1. The number of hydrogen-bond acceptors (Lipinski definition) is 3. The molecule has 0 radical (unpaired) electrons. The van der Waals surface area contributed by atoms with E-state index in [-0.39, 0.29) is 46.6 Å².